The molecule has 0 fully saturated rings. The zero-order chi connectivity index (χ0) is 15.6. The van der Waals surface area contributed by atoms with Gasteiger partial charge in [-0.15, -0.1) is 0 Å². The van der Waals surface area contributed by atoms with E-state index >= 15 is 0 Å². The van der Waals surface area contributed by atoms with Crippen LogP contribution in [0, 0.1) is 5.92 Å². The predicted molar refractivity (Wildman–Crippen MR) is 74.6 cm³/mol. The molecule has 0 saturated heterocycles. The molecule has 1 heterocycles. The van der Waals surface area contributed by atoms with E-state index in [1.54, 1.807) is 12.1 Å². The van der Waals surface area contributed by atoms with Crippen molar-refractivity contribution in [3.63, 3.8) is 0 Å². The number of rotatable bonds is 5. The quantitative estimate of drug-likeness (QED) is 0.834. The second-order valence-corrected chi connectivity index (χ2v) is 5.08. The number of hydrogen-bond acceptors (Lipinski definition) is 3. The molecule has 0 radical (unpaired) electrons. The van der Waals surface area contributed by atoms with Crippen LogP contribution in [0.3, 0.4) is 0 Å². The summed E-state index contributed by atoms with van der Waals surface area (Å²) in [5.74, 6) is -0.953. The number of nitrogens with two attached hydrogens (primary N) is 1. The number of halogens is 3. The van der Waals surface area contributed by atoms with Crippen molar-refractivity contribution >= 4 is 16.7 Å². The molecule has 1 unspecified atom stereocenters. The summed E-state index contributed by atoms with van der Waals surface area (Å²) in [5.41, 5.74) is 6.63. The third-order valence-corrected chi connectivity index (χ3v) is 3.58. The van der Waals surface area contributed by atoms with Crippen LogP contribution in [-0.2, 0) is 12.7 Å². The van der Waals surface area contributed by atoms with Crippen LogP contribution >= 0.6 is 0 Å². The van der Waals surface area contributed by atoms with Crippen molar-refractivity contribution in [2.75, 3.05) is 12.3 Å². The van der Waals surface area contributed by atoms with Gasteiger partial charge in [0.05, 0.1) is 11.0 Å². The van der Waals surface area contributed by atoms with Crippen molar-refractivity contribution in [1.29, 1.82) is 0 Å². The Morgan fingerprint density at radius 1 is 1.38 bits per heavy atom. The van der Waals surface area contributed by atoms with Crippen molar-refractivity contribution in [2.45, 2.75) is 32.5 Å². The van der Waals surface area contributed by atoms with Gasteiger partial charge in [-0.25, -0.2) is 4.98 Å². The van der Waals surface area contributed by atoms with Crippen LogP contribution in [0.25, 0.3) is 11.0 Å². The van der Waals surface area contributed by atoms with Crippen LogP contribution in [0.4, 0.5) is 18.9 Å². The number of imidazole rings is 1. The number of anilines is 1. The summed E-state index contributed by atoms with van der Waals surface area (Å²) < 4.78 is 40.7. The number of hydrogen-bond donors (Lipinski definition) is 2. The van der Waals surface area contributed by atoms with Gasteiger partial charge in [-0.1, -0.05) is 13.3 Å². The van der Waals surface area contributed by atoms with Crippen LogP contribution in [-0.4, -0.2) is 21.3 Å². The molecule has 21 heavy (non-hydrogen) atoms. The van der Waals surface area contributed by atoms with Crippen molar-refractivity contribution in [1.82, 2.24) is 9.55 Å². The molecule has 4 nitrogen and oxygen atoms in total. The van der Waals surface area contributed by atoms with Gasteiger partial charge in [0.1, 0.15) is 0 Å². The molecular formula is C14H18F3N3O. The van der Waals surface area contributed by atoms with Crippen LogP contribution < -0.4 is 5.73 Å². The molecule has 1 atom stereocenters. The number of fused-ring (bicyclic) bond motifs is 1. The first kappa shape index (κ1) is 15.6. The molecule has 1 aromatic carbocycles. The minimum atomic E-state index is -4.52. The lowest BCUT2D eigenvalue weighted by Crippen LogP contribution is -2.19. The van der Waals surface area contributed by atoms with Gasteiger partial charge in [-0.3, -0.25) is 0 Å². The molecule has 0 saturated carbocycles. The van der Waals surface area contributed by atoms with E-state index in [0.717, 1.165) is 0 Å². The number of aromatic nitrogens is 2. The van der Waals surface area contributed by atoms with Crippen molar-refractivity contribution in [2.24, 2.45) is 5.92 Å². The Hall–Kier alpha value is -1.76. The van der Waals surface area contributed by atoms with Gasteiger partial charge in [0, 0.05) is 18.8 Å². The number of aliphatic hydroxyl groups is 1. The summed E-state index contributed by atoms with van der Waals surface area (Å²) in [4.78, 5) is 3.69. The number of aliphatic hydroxyl groups excluding tert-OH is 1. The second kappa shape index (κ2) is 5.93. The minimum Gasteiger partial charge on any atom is -0.399 e. The first-order valence-electron chi connectivity index (χ1n) is 6.80. The topological polar surface area (TPSA) is 64.1 Å². The number of nitrogens with zero attached hydrogens (tertiary/aromatic N) is 2. The van der Waals surface area contributed by atoms with E-state index < -0.39 is 12.0 Å². The lowest BCUT2D eigenvalue weighted by Gasteiger charge is -2.18. The van der Waals surface area contributed by atoms with Crippen LogP contribution in [0.15, 0.2) is 18.2 Å². The summed E-state index contributed by atoms with van der Waals surface area (Å²) >= 11 is 0. The smallest absolute Gasteiger partial charge is 0.399 e. The molecule has 2 aromatic rings. The highest BCUT2D eigenvalue weighted by molar-refractivity contribution is 5.79. The van der Waals surface area contributed by atoms with Crippen molar-refractivity contribution in [3.8, 4) is 0 Å². The van der Waals surface area contributed by atoms with E-state index in [1.807, 2.05) is 6.92 Å². The Kier molecular flexibility index (Phi) is 4.41. The zero-order valence-electron chi connectivity index (χ0n) is 11.7. The maximum absolute atomic E-state index is 13.2. The van der Waals surface area contributed by atoms with Gasteiger partial charge in [0.25, 0.3) is 0 Å². The Morgan fingerprint density at radius 2 is 2.10 bits per heavy atom. The average Bonchev–Trinajstić information content (AvgIpc) is 2.76. The van der Waals surface area contributed by atoms with Gasteiger partial charge < -0.3 is 15.4 Å². The van der Waals surface area contributed by atoms with E-state index in [4.69, 9.17) is 10.8 Å². The molecule has 116 valence electrons. The molecule has 3 N–H and O–H groups in total. The van der Waals surface area contributed by atoms with Gasteiger partial charge in [0.2, 0.25) is 5.82 Å². The van der Waals surface area contributed by atoms with Crippen LogP contribution in [0.5, 0.6) is 0 Å². The van der Waals surface area contributed by atoms with Gasteiger partial charge in [-0.2, -0.15) is 13.2 Å². The molecule has 2 rings (SSSR count). The monoisotopic (exact) mass is 301 g/mol. The number of alkyl halides is 3. The first-order valence-corrected chi connectivity index (χ1v) is 6.80. The van der Waals surface area contributed by atoms with Crippen molar-refractivity contribution in [3.05, 3.63) is 24.0 Å². The SMILES string of the molecule is CCC(CCO)Cn1c(C(F)(F)F)nc2cc(N)ccc21. The van der Waals surface area contributed by atoms with Gasteiger partial charge in [-0.05, 0) is 30.5 Å². The first-order chi connectivity index (χ1) is 9.86. The van der Waals surface area contributed by atoms with Crippen LogP contribution in [0.2, 0.25) is 0 Å². The standard InChI is InChI=1S/C14H18F3N3O/c1-2-9(5-6-21)8-20-12-4-3-10(18)7-11(12)19-13(20)14(15,16)17/h3-4,7,9,21H,2,5-6,8,18H2,1H3. The lowest BCUT2D eigenvalue weighted by molar-refractivity contribution is -0.147. The number of benzene rings is 1. The predicted octanol–water partition coefficient (Wildman–Crippen LogP) is 3.05. The van der Waals surface area contributed by atoms with Crippen LogP contribution in [0.1, 0.15) is 25.6 Å². The Bertz CT molecular complexity index is 622. The summed E-state index contributed by atoms with van der Waals surface area (Å²) in [6.07, 6.45) is -3.37. The lowest BCUT2D eigenvalue weighted by atomic mass is 10.0. The maximum Gasteiger partial charge on any atom is 0.449 e. The molecular weight excluding hydrogens is 283 g/mol. The largest absolute Gasteiger partial charge is 0.449 e. The molecule has 0 aliphatic carbocycles. The molecule has 0 bridgehead atoms. The minimum absolute atomic E-state index is 0.0361. The van der Waals surface area contributed by atoms with E-state index in [-0.39, 0.29) is 24.6 Å². The highest BCUT2D eigenvalue weighted by Gasteiger charge is 2.37. The second-order valence-electron chi connectivity index (χ2n) is 5.08. The highest BCUT2D eigenvalue weighted by Crippen LogP contribution is 2.33. The Balaban J connectivity index is 2.52. The van der Waals surface area contributed by atoms with Gasteiger partial charge >= 0.3 is 6.18 Å². The Morgan fingerprint density at radius 3 is 2.67 bits per heavy atom. The number of nitrogen functional groups attached to an aromatic ring is 1. The fourth-order valence-electron chi connectivity index (χ4n) is 2.41. The average molecular weight is 301 g/mol. The highest BCUT2D eigenvalue weighted by atomic mass is 19.4. The van der Waals surface area contributed by atoms with E-state index in [2.05, 4.69) is 4.98 Å². The molecule has 1 aromatic heterocycles. The maximum atomic E-state index is 13.2. The summed E-state index contributed by atoms with van der Waals surface area (Å²) in [5, 5.41) is 9.01. The summed E-state index contributed by atoms with van der Waals surface area (Å²) in [6.45, 7) is 2.02. The summed E-state index contributed by atoms with van der Waals surface area (Å²) in [7, 11) is 0. The molecule has 0 aliphatic heterocycles. The van der Waals surface area contributed by atoms with E-state index in [9.17, 15) is 13.2 Å². The van der Waals surface area contributed by atoms with E-state index in [1.165, 1.54) is 10.6 Å². The van der Waals surface area contributed by atoms with Crippen molar-refractivity contribution < 1.29 is 18.3 Å². The third-order valence-electron chi connectivity index (χ3n) is 3.58. The molecule has 0 amide bonds. The Labute approximate surface area is 120 Å². The molecule has 0 spiro atoms. The fourth-order valence-corrected chi connectivity index (χ4v) is 2.41. The fraction of sp³-hybridized carbons (Fsp3) is 0.500. The van der Waals surface area contributed by atoms with E-state index in [0.29, 0.717) is 24.0 Å². The zero-order valence-corrected chi connectivity index (χ0v) is 11.7. The molecule has 0 aliphatic rings. The molecule has 7 heteroatoms. The normalized spacial score (nSPS) is 13.8. The van der Waals surface area contributed by atoms with Gasteiger partial charge in [0.15, 0.2) is 0 Å². The third kappa shape index (κ3) is 3.29. The summed E-state index contributed by atoms with van der Waals surface area (Å²) in [6, 6.07) is 4.56.